The summed E-state index contributed by atoms with van der Waals surface area (Å²) in [5.74, 6) is 2.41. The second kappa shape index (κ2) is 11.6. The Morgan fingerprint density at radius 2 is 1.14 bits per heavy atom. The minimum absolute atomic E-state index is 0.0463. The van der Waals surface area contributed by atoms with Gasteiger partial charge in [0.1, 0.15) is 11.5 Å². The van der Waals surface area contributed by atoms with Gasteiger partial charge >= 0.3 is 0 Å². The fraction of sp³-hybridized carbons (Fsp3) is 0.261. The van der Waals surface area contributed by atoms with Crippen molar-refractivity contribution in [2.45, 2.75) is 6.61 Å². The van der Waals surface area contributed by atoms with E-state index in [9.17, 15) is 5.11 Å². The van der Waals surface area contributed by atoms with Crippen molar-refractivity contribution >= 4 is 30.3 Å². The molecular weight excluding hydrogens is 456 g/mol. The lowest BCUT2D eigenvalue weighted by atomic mass is 10.1. The molecule has 0 unspecified atom stereocenters. The number of nitrogen functional groups attached to an aromatic ring is 1. The van der Waals surface area contributed by atoms with Crippen molar-refractivity contribution in [2.24, 2.45) is 9.98 Å². The number of nitrogens with zero attached hydrogens (tertiary/aromatic N) is 5. The molecule has 0 aliphatic heterocycles. The highest BCUT2D eigenvalue weighted by Crippen LogP contribution is 2.38. The molecule has 0 aliphatic rings. The second-order valence-corrected chi connectivity index (χ2v) is 6.83. The van der Waals surface area contributed by atoms with Crippen LogP contribution in [0.2, 0.25) is 0 Å². The number of hydrogen-bond donors (Lipinski definition) is 2. The number of methoxy groups -OCH3 is 5. The first kappa shape index (κ1) is 25.2. The van der Waals surface area contributed by atoms with E-state index >= 15 is 0 Å². The van der Waals surface area contributed by atoms with E-state index in [1.54, 1.807) is 24.3 Å². The van der Waals surface area contributed by atoms with E-state index in [2.05, 4.69) is 24.9 Å². The topological polar surface area (TPSA) is 156 Å². The number of benzene rings is 2. The molecule has 0 radical (unpaired) electrons. The summed E-state index contributed by atoms with van der Waals surface area (Å²) >= 11 is 0. The Morgan fingerprint density at radius 3 is 1.51 bits per heavy atom. The number of rotatable bonds is 10. The van der Waals surface area contributed by atoms with Gasteiger partial charge < -0.3 is 34.5 Å². The maximum absolute atomic E-state index is 9.57. The Hall–Kier alpha value is -4.45. The Morgan fingerprint density at radius 1 is 0.714 bits per heavy atom. The number of anilines is 1. The van der Waals surface area contributed by atoms with Crippen LogP contribution < -0.4 is 29.4 Å². The van der Waals surface area contributed by atoms with Gasteiger partial charge in [-0.15, -0.1) is 0 Å². The van der Waals surface area contributed by atoms with Gasteiger partial charge in [0.05, 0.1) is 47.7 Å². The standard InChI is InChI=1S/C23H26N6O6/c1-31-16-6-13(7-17(32-2)15(16)12-30)10-25-22-27-21(24)28-23(29-22)26-11-14-8-18(33-3)20(35-5)19(9-14)34-4/h6-11,30H,12H2,1-5H3,(H2,24,27,28,29). The third-order valence-corrected chi connectivity index (χ3v) is 4.76. The average Bonchev–Trinajstić information content (AvgIpc) is 2.88. The van der Waals surface area contributed by atoms with Crippen LogP contribution >= 0.6 is 0 Å². The van der Waals surface area contributed by atoms with E-state index in [1.807, 2.05) is 0 Å². The number of aliphatic hydroxyl groups is 1. The fourth-order valence-electron chi connectivity index (χ4n) is 3.16. The predicted octanol–water partition coefficient (Wildman–Crippen LogP) is 2.49. The Balaban J connectivity index is 1.90. The summed E-state index contributed by atoms with van der Waals surface area (Å²) in [7, 11) is 7.58. The zero-order valence-electron chi connectivity index (χ0n) is 20.0. The van der Waals surface area contributed by atoms with Gasteiger partial charge in [-0.3, -0.25) is 0 Å². The molecule has 0 amide bonds. The third kappa shape index (κ3) is 5.92. The number of ether oxygens (including phenoxy) is 5. The van der Waals surface area contributed by atoms with Crippen molar-refractivity contribution in [1.29, 1.82) is 0 Å². The molecule has 3 N–H and O–H groups in total. The summed E-state index contributed by atoms with van der Waals surface area (Å²) in [5, 5.41) is 9.57. The summed E-state index contributed by atoms with van der Waals surface area (Å²) in [6, 6.07) is 6.85. The van der Waals surface area contributed by atoms with Gasteiger partial charge in [0.15, 0.2) is 11.5 Å². The van der Waals surface area contributed by atoms with E-state index in [0.29, 0.717) is 45.4 Å². The van der Waals surface area contributed by atoms with Gasteiger partial charge in [0.25, 0.3) is 11.9 Å². The van der Waals surface area contributed by atoms with Crippen LogP contribution in [0, 0.1) is 0 Å². The van der Waals surface area contributed by atoms with Crippen LogP contribution in [0.1, 0.15) is 16.7 Å². The van der Waals surface area contributed by atoms with Crippen LogP contribution in [0.25, 0.3) is 0 Å². The summed E-state index contributed by atoms with van der Waals surface area (Å²) < 4.78 is 26.7. The van der Waals surface area contributed by atoms with E-state index in [4.69, 9.17) is 29.4 Å². The molecule has 0 atom stereocenters. The molecule has 0 bridgehead atoms. The third-order valence-electron chi connectivity index (χ3n) is 4.76. The predicted molar refractivity (Wildman–Crippen MR) is 130 cm³/mol. The van der Waals surface area contributed by atoms with Crippen molar-refractivity contribution < 1.29 is 28.8 Å². The molecule has 1 heterocycles. The minimum Gasteiger partial charge on any atom is -0.496 e. The molecule has 3 aromatic rings. The summed E-state index contributed by atoms with van der Waals surface area (Å²) in [4.78, 5) is 20.8. The molecule has 0 saturated heterocycles. The highest BCUT2D eigenvalue weighted by Gasteiger charge is 2.13. The first-order chi connectivity index (χ1) is 17.0. The summed E-state index contributed by atoms with van der Waals surface area (Å²) in [5.41, 5.74) is 7.64. The second-order valence-electron chi connectivity index (χ2n) is 6.83. The van der Waals surface area contributed by atoms with Gasteiger partial charge in [0.2, 0.25) is 11.7 Å². The van der Waals surface area contributed by atoms with Crippen molar-refractivity contribution in [2.75, 3.05) is 41.3 Å². The van der Waals surface area contributed by atoms with Crippen molar-refractivity contribution in [1.82, 2.24) is 15.0 Å². The normalized spacial score (nSPS) is 11.1. The fourth-order valence-corrected chi connectivity index (χ4v) is 3.16. The Labute approximate surface area is 202 Å². The molecule has 12 nitrogen and oxygen atoms in total. The zero-order chi connectivity index (χ0) is 25.4. The lowest BCUT2D eigenvalue weighted by Gasteiger charge is -2.12. The molecule has 2 aromatic carbocycles. The van der Waals surface area contributed by atoms with Gasteiger partial charge in [-0.2, -0.15) is 15.0 Å². The van der Waals surface area contributed by atoms with E-state index in [-0.39, 0.29) is 24.5 Å². The molecule has 1 aromatic heterocycles. The molecule has 0 saturated carbocycles. The lowest BCUT2D eigenvalue weighted by molar-refractivity contribution is 0.265. The van der Waals surface area contributed by atoms with Gasteiger partial charge in [-0.05, 0) is 24.3 Å². The highest BCUT2D eigenvalue weighted by molar-refractivity contribution is 5.84. The monoisotopic (exact) mass is 482 g/mol. The van der Waals surface area contributed by atoms with Gasteiger partial charge in [0, 0.05) is 23.6 Å². The number of aromatic nitrogens is 3. The van der Waals surface area contributed by atoms with E-state index in [0.717, 1.165) is 0 Å². The smallest absolute Gasteiger partial charge is 0.256 e. The molecule has 3 rings (SSSR count). The van der Waals surface area contributed by atoms with Crippen LogP contribution in [0.4, 0.5) is 17.8 Å². The minimum atomic E-state index is -0.235. The molecule has 184 valence electrons. The summed E-state index contributed by atoms with van der Waals surface area (Å²) in [6.07, 6.45) is 3.03. The highest BCUT2D eigenvalue weighted by atomic mass is 16.5. The quantitative estimate of drug-likeness (QED) is 0.412. The number of nitrogens with two attached hydrogens (primary N) is 1. The molecule has 12 heteroatoms. The van der Waals surface area contributed by atoms with Crippen LogP contribution in [0.3, 0.4) is 0 Å². The molecule has 0 aliphatic carbocycles. The largest absolute Gasteiger partial charge is 0.496 e. The first-order valence-electron chi connectivity index (χ1n) is 10.2. The average molecular weight is 482 g/mol. The van der Waals surface area contributed by atoms with Crippen molar-refractivity contribution in [3.05, 3.63) is 41.0 Å². The molecule has 35 heavy (non-hydrogen) atoms. The lowest BCUT2D eigenvalue weighted by Crippen LogP contribution is -1.99. The van der Waals surface area contributed by atoms with Gasteiger partial charge in [-0.25, -0.2) is 9.98 Å². The van der Waals surface area contributed by atoms with Crippen molar-refractivity contribution in [3.63, 3.8) is 0 Å². The Kier molecular flexibility index (Phi) is 8.35. The van der Waals surface area contributed by atoms with Crippen LogP contribution in [0.5, 0.6) is 28.7 Å². The van der Waals surface area contributed by atoms with Crippen LogP contribution in [-0.4, -0.2) is 68.0 Å². The van der Waals surface area contributed by atoms with Crippen LogP contribution in [-0.2, 0) is 6.61 Å². The number of aliphatic imine (C=N–C) groups is 2. The van der Waals surface area contributed by atoms with Crippen molar-refractivity contribution in [3.8, 4) is 28.7 Å². The van der Waals surface area contributed by atoms with Gasteiger partial charge in [-0.1, -0.05) is 0 Å². The summed E-state index contributed by atoms with van der Waals surface area (Å²) in [6.45, 7) is -0.235. The van der Waals surface area contributed by atoms with E-state index < -0.39 is 0 Å². The SMILES string of the molecule is COc1cc(C=Nc2nc(N)nc(N=Cc3cc(OC)c(OC)c(OC)c3)n2)cc(OC)c1CO. The maximum Gasteiger partial charge on any atom is 0.256 e. The number of hydrogen-bond acceptors (Lipinski definition) is 12. The van der Waals surface area contributed by atoms with E-state index in [1.165, 1.54) is 48.0 Å². The molecular formula is C23H26N6O6. The molecule has 0 fully saturated rings. The molecule has 0 spiro atoms. The zero-order valence-corrected chi connectivity index (χ0v) is 20.0. The first-order valence-corrected chi connectivity index (χ1v) is 10.2. The van der Waals surface area contributed by atoms with Crippen LogP contribution in [0.15, 0.2) is 34.3 Å². The number of aliphatic hydroxyl groups excluding tert-OH is 1. The maximum atomic E-state index is 9.57. The Bertz CT molecular complexity index is 1110.